The molecule has 22 heavy (non-hydrogen) atoms. The van der Waals surface area contributed by atoms with Gasteiger partial charge in [0, 0.05) is 5.69 Å². The molecule has 1 unspecified atom stereocenters. The lowest BCUT2D eigenvalue weighted by Crippen LogP contribution is -2.23. The molecule has 1 fully saturated rings. The van der Waals surface area contributed by atoms with E-state index in [0.717, 1.165) is 0 Å². The third kappa shape index (κ3) is 4.35. The number of halogens is 1. The monoisotopic (exact) mass is 347 g/mol. The van der Waals surface area contributed by atoms with Crippen molar-refractivity contribution in [3.8, 4) is 5.75 Å². The van der Waals surface area contributed by atoms with Gasteiger partial charge in [-0.3, -0.25) is 4.79 Å². The van der Waals surface area contributed by atoms with Gasteiger partial charge >= 0.3 is 5.97 Å². The van der Waals surface area contributed by atoms with E-state index in [1.807, 2.05) is 0 Å². The van der Waals surface area contributed by atoms with Crippen LogP contribution in [0.25, 0.3) is 0 Å². The van der Waals surface area contributed by atoms with E-state index in [1.165, 1.54) is 18.2 Å². The summed E-state index contributed by atoms with van der Waals surface area (Å²) in [6, 6.07) is 4.36. The number of sulfone groups is 1. The predicted octanol–water partition coefficient (Wildman–Crippen LogP) is 1.18. The van der Waals surface area contributed by atoms with Crippen molar-refractivity contribution in [1.82, 2.24) is 0 Å². The fourth-order valence-corrected chi connectivity index (χ4v) is 4.06. The summed E-state index contributed by atoms with van der Waals surface area (Å²) in [5.74, 6) is -2.01. The van der Waals surface area contributed by atoms with E-state index in [2.05, 4.69) is 5.32 Å². The average molecular weight is 348 g/mol. The van der Waals surface area contributed by atoms with Crippen LogP contribution in [0.1, 0.15) is 6.42 Å². The van der Waals surface area contributed by atoms with E-state index in [-0.39, 0.29) is 28.2 Å². The molecule has 1 aliphatic rings. The maximum atomic E-state index is 12.0. The Morgan fingerprint density at radius 2 is 2.14 bits per heavy atom. The van der Waals surface area contributed by atoms with E-state index < -0.39 is 28.3 Å². The molecule has 2 rings (SSSR count). The van der Waals surface area contributed by atoms with Gasteiger partial charge in [-0.2, -0.15) is 0 Å². The van der Waals surface area contributed by atoms with E-state index in [1.54, 1.807) is 0 Å². The summed E-state index contributed by atoms with van der Waals surface area (Å²) < 4.78 is 27.7. The van der Waals surface area contributed by atoms with Crippen molar-refractivity contribution in [3.05, 3.63) is 23.2 Å². The number of carbonyl (C=O) groups excluding carboxylic acids is 1. The molecule has 7 nitrogen and oxygen atoms in total. The van der Waals surface area contributed by atoms with Gasteiger partial charge in [-0.25, -0.2) is 13.2 Å². The van der Waals surface area contributed by atoms with Crippen molar-refractivity contribution in [2.24, 2.45) is 5.92 Å². The molecule has 1 aromatic rings. The zero-order valence-corrected chi connectivity index (χ0v) is 13.0. The Labute approximate surface area is 132 Å². The van der Waals surface area contributed by atoms with Crippen molar-refractivity contribution < 1.29 is 27.9 Å². The van der Waals surface area contributed by atoms with E-state index in [9.17, 15) is 18.0 Å². The van der Waals surface area contributed by atoms with Crippen molar-refractivity contribution >= 4 is 39.0 Å². The number of hydrogen-bond donors (Lipinski definition) is 2. The molecule has 1 aromatic carbocycles. The fourth-order valence-electron chi connectivity index (χ4n) is 2.08. The summed E-state index contributed by atoms with van der Waals surface area (Å²) in [5.41, 5.74) is 0.391. The standard InChI is InChI=1S/C13H14ClNO6S/c14-10-5-9(1-2-11(10)21-6-12(16)17)15-13(18)8-3-4-22(19,20)7-8/h1-2,5,8H,3-4,6-7H2,(H,15,18)(H,16,17). The molecular formula is C13H14ClNO6S. The Hall–Kier alpha value is -1.80. The Morgan fingerprint density at radius 1 is 1.41 bits per heavy atom. The molecule has 1 saturated heterocycles. The van der Waals surface area contributed by atoms with Crippen molar-refractivity contribution in [2.45, 2.75) is 6.42 Å². The first-order valence-corrected chi connectivity index (χ1v) is 8.62. The minimum atomic E-state index is -3.13. The summed E-state index contributed by atoms with van der Waals surface area (Å²) in [5, 5.41) is 11.3. The van der Waals surface area contributed by atoms with Crippen LogP contribution < -0.4 is 10.1 Å². The first-order valence-electron chi connectivity index (χ1n) is 6.42. The first kappa shape index (κ1) is 16.6. The topological polar surface area (TPSA) is 110 Å². The van der Waals surface area contributed by atoms with Gasteiger partial charge in [-0.1, -0.05) is 11.6 Å². The molecule has 1 atom stereocenters. The number of carboxylic acids is 1. The number of benzene rings is 1. The Morgan fingerprint density at radius 3 is 2.68 bits per heavy atom. The summed E-state index contributed by atoms with van der Waals surface area (Å²) in [6.07, 6.45) is 0.307. The third-order valence-corrected chi connectivity index (χ3v) is 5.22. The number of anilines is 1. The number of aliphatic carboxylic acids is 1. The number of ether oxygens (including phenoxy) is 1. The molecule has 1 aliphatic heterocycles. The highest BCUT2D eigenvalue weighted by Crippen LogP contribution is 2.28. The second-order valence-corrected chi connectivity index (χ2v) is 7.55. The van der Waals surface area contributed by atoms with Crippen LogP contribution in [0.15, 0.2) is 18.2 Å². The molecule has 0 bridgehead atoms. The SMILES string of the molecule is O=C(O)COc1ccc(NC(=O)C2CCS(=O)(=O)C2)cc1Cl. The van der Waals surface area contributed by atoms with Crippen molar-refractivity contribution in [3.63, 3.8) is 0 Å². The Balaban J connectivity index is 2.00. The molecule has 120 valence electrons. The summed E-state index contributed by atoms with van der Waals surface area (Å²) >= 11 is 5.94. The summed E-state index contributed by atoms with van der Waals surface area (Å²) in [6.45, 7) is -0.522. The second kappa shape index (κ2) is 6.53. The largest absolute Gasteiger partial charge is 0.480 e. The zero-order valence-electron chi connectivity index (χ0n) is 11.4. The molecule has 9 heteroatoms. The molecule has 2 N–H and O–H groups in total. The molecular weight excluding hydrogens is 334 g/mol. The van der Waals surface area contributed by atoms with Crippen LogP contribution in [0, 0.1) is 5.92 Å². The molecule has 0 saturated carbocycles. The maximum absolute atomic E-state index is 12.0. The average Bonchev–Trinajstić information content (AvgIpc) is 2.78. The van der Waals surface area contributed by atoms with E-state index in [4.69, 9.17) is 21.4 Å². The maximum Gasteiger partial charge on any atom is 0.341 e. The lowest BCUT2D eigenvalue weighted by Gasteiger charge is -2.11. The Kier molecular flexibility index (Phi) is 4.92. The van der Waals surface area contributed by atoms with Gasteiger partial charge in [0.05, 0.1) is 22.4 Å². The second-order valence-electron chi connectivity index (χ2n) is 4.92. The lowest BCUT2D eigenvalue weighted by atomic mass is 10.1. The van der Waals surface area contributed by atoms with Gasteiger partial charge in [0.15, 0.2) is 16.4 Å². The van der Waals surface area contributed by atoms with Gasteiger partial charge < -0.3 is 15.2 Å². The number of carboxylic acid groups (broad SMARTS) is 1. The van der Waals surface area contributed by atoms with Crippen molar-refractivity contribution in [2.75, 3.05) is 23.4 Å². The molecule has 0 aromatic heterocycles. The van der Waals surface area contributed by atoms with Gasteiger partial charge in [0.2, 0.25) is 5.91 Å². The van der Waals surface area contributed by atoms with E-state index >= 15 is 0 Å². The Bertz CT molecular complexity index is 702. The highest BCUT2D eigenvalue weighted by Gasteiger charge is 2.32. The highest BCUT2D eigenvalue weighted by molar-refractivity contribution is 7.91. The fraction of sp³-hybridized carbons (Fsp3) is 0.385. The quantitative estimate of drug-likeness (QED) is 0.827. The van der Waals surface area contributed by atoms with Gasteiger partial charge in [-0.05, 0) is 24.6 Å². The number of rotatable bonds is 5. The minimum absolute atomic E-state index is 0.0216. The summed E-state index contributed by atoms with van der Waals surface area (Å²) in [4.78, 5) is 22.4. The number of amides is 1. The number of hydrogen-bond acceptors (Lipinski definition) is 5. The molecule has 0 spiro atoms. The highest BCUT2D eigenvalue weighted by atomic mass is 35.5. The third-order valence-electron chi connectivity index (χ3n) is 3.15. The van der Waals surface area contributed by atoms with Crippen LogP contribution in [-0.4, -0.2) is 43.5 Å². The normalized spacial score (nSPS) is 19.6. The van der Waals surface area contributed by atoms with Crippen molar-refractivity contribution in [1.29, 1.82) is 0 Å². The van der Waals surface area contributed by atoms with Crippen LogP contribution >= 0.6 is 11.6 Å². The molecule has 0 aliphatic carbocycles. The molecule has 1 amide bonds. The number of carbonyl (C=O) groups is 2. The summed E-state index contributed by atoms with van der Waals surface area (Å²) in [7, 11) is -3.13. The van der Waals surface area contributed by atoms with E-state index in [0.29, 0.717) is 12.1 Å². The van der Waals surface area contributed by atoms with Crippen LogP contribution in [0.2, 0.25) is 5.02 Å². The van der Waals surface area contributed by atoms with Gasteiger partial charge in [0.25, 0.3) is 0 Å². The van der Waals surface area contributed by atoms with Crippen LogP contribution in [0.4, 0.5) is 5.69 Å². The predicted molar refractivity (Wildman–Crippen MR) is 80.0 cm³/mol. The molecule has 0 radical (unpaired) electrons. The smallest absolute Gasteiger partial charge is 0.341 e. The zero-order chi connectivity index (χ0) is 16.3. The number of nitrogens with one attached hydrogen (secondary N) is 1. The first-order chi connectivity index (χ1) is 10.3. The van der Waals surface area contributed by atoms with Gasteiger partial charge in [-0.15, -0.1) is 0 Å². The lowest BCUT2D eigenvalue weighted by molar-refractivity contribution is -0.139. The van der Waals surface area contributed by atoms with Crippen LogP contribution in [0.3, 0.4) is 0 Å². The minimum Gasteiger partial charge on any atom is -0.480 e. The van der Waals surface area contributed by atoms with Gasteiger partial charge in [0.1, 0.15) is 5.75 Å². The van der Waals surface area contributed by atoms with Crippen LogP contribution in [-0.2, 0) is 19.4 Å². The molecule has 1 heterocycles. The van der Waals surface area contributed by atoms with Crippen LogP contribution in [0.5, 0.6) is 5.75 Å².